The first-order chi connectivity index (χ1) is 8.70. The monoisotopic (exact) mass is 242 g/mol. The van der Waals surface area contributed by atoms with E-state index in [4.69, 9.17) is 5.73 Å². The van der Waals surface area contributed by atoms with E-state index in [-0.39, 0.29) is 0 Å². The maximum Gasteiger partial charge on any atom is 0.240 e. The SMILES string of the molecule is NC(=O)C(Cc1ccc2ccccc2c1)NC=O. The van der Waals surface area contributed by atoms with Crippen LogP contribution in [0, 0.1) is 0 Å². The van der Waals surface area contributed by atoms with Crippen LogP contribution in [-0.2, 0) is 16.0 Å². The third-order valence-corrected chi connectivity index (χ3v) is 2.87. The first kappa shape index (κ1) is 12.1. The van der Waals surface area contributed by atoms with E-state index in [0.29, 0.717) is 12.8 Å². The molecule has 92 valence electrons. The summed E-state index contributed by atoms with van der Waals surface area (Å²) in [4.78, 5) is 21.6. The Morgan fingerprint density at radius 2 is 1.94 bits per heavy atom. The minimum Gasteiger partial charge on any atom is -0.368 e. The number of carbonyl (C=O) groups excluding carboxylic acids is 2. The summed E-state index contributed by atoms with van der Waals surface area (Å²) in [7, 11) is 0. The summed E-state index contributed by atoms with van der Waals surface area (Å²) in [6, 6.07) is 13.2. The van der Waals surface area contributed by atoms with Crippen LogP contribution in [0.2, 0.25) is 0 Å². The molecular formula is C14H14N2O2. The molecule has 0 aliphatic heterocycles. The molecule has 2 aromatic carbocycles. The Hall–Kier alpha value is -2.36. The van der Waals surface area contributed by atoms with Gasteiger partial charge in [-0.05, 0) is 16.3 Å². The molecular weight excluding hydrogens is 228 g/mol. The molecule has 18 heavy (non-hydrogen) atoms. The second-order valence-electron chi connectivity index (χ2n) is 4.13. The molecule has 3 N–H and O–H groups in total. The van der Waals surface area contributed by atoms with Crippen LogP contribution in [0.1, 0.15) is 5.56 Å². The maximum absolute atomic E-state index is 11.2. The van der Waals surface area contributed by atoms with Crippen LogP contribution in [0.5, 0.6) is 0 Å². The molecule has 0 aromatic heterocycles. The molecule has 0 aliphatic carbocycles. The van der Waals surface area contributed by atoms with Crippen LogP contribution in [0.15, 0.2) is 42.5 Å². The highest BCUT2D eigenvalue weighted by Crippen LogP contribution is 2.16. The smallest absolute Gasteiger partial charge is 0.240 e. The zero-order valence-electron chi connectivity index (χ0n) is 9.80. The molecule has 0 spiro atoms. The molecule has 0 saturated heterocycles. The first-order valence-corrected chi connectivity index (χ1v) is 5.67. The Morgan fingerprint density at radius 3 is 2.61 bits per heavy atom. The lowest BCUT2D eigenvalue weighted by Crippen LogP contribution is -2.42. The van der Waals surface area contributed by atoms with Gasteiger partial charge in [0.25, 0.3) is 0 Å². The van der Waals surface area contributed by atoms with Crippen LogP contribution in [0.25, 0.3) is 10.8 Å². The molecule has 1 atom stereocenters. The molecule has 0 saturated carbocycles. The summed E-state index contributed by atoms with van der Waals surface area (Å²) >= 11 is 0. The maximum atomic E-state index is 11.2. The minimum atomic E-state index is -0.663. The van der Waals surface area contributed by atoms with Gasteiger partial charge in [-0.15, -0.1) is 0 Å². The van der Waals surface area contributed by atoms with Crippen molar-refractivity contribution >= 4 is 23.1 Å². The third kappa shape index (κ3) is 2.66. The topological polar surface area (TPSA) is 72.2 Å². The quantitative estimate of drug-likeness (QED) is 0.767. The summed E-state index contributed by atoms with van der Waals surface area (Å²) in [6.07, 6.45) is 0.898. The second kappa shape index (κ2) is 5.31. The summed E-state index contributed by atoms with van der Waals surface area (Å²) < 4.78 is 0. The zero-order valence-corrected chi connectivity index (χ0v) is 9.80. The van der Waals surface area contributed by atoms with E-state index in [9.17, 15) is 9.59 Å². The van der Waals surface area contributed by atoms with Gasteiger partial charge >= 0.3 is 0 Å². The molecule has 2 aromatic rings. The van der Waals surface area contributed by atoms with Crippen molar-refractivity contribution in [2.24, 2.45) is 5.73 Å². The summed E-state index contributed by atoms with van der Waals surface area (Å²) in [5.74, 6) is -0.532. The van der Waals surface area contributed by atoms with Crippen LogP contribution in [0.4, 0.5) is 0 Å². The lowest BCUT2D eigenvalue weighted by atomic mass is 10.0. The van der Waals surface area contributed by atoms with Gasteiger partial charge in [-0.1, -0.05) is 42.5 Å². The van der Waals surface area contributed by atoms with E-state index in [0.717, 1.165) is 16.3 Å². The highest BCUT2D eigenvalue weighted by Gasteiger charge is 2.14. The van der Waals surface area contributed by atoms with Crippen molar-refractivity contribution in [2.75, 3.05) is 0 Å². The number of benzene rings is 2. The number of amides is 2. The van der Waals surface area contributed by atoms with Crippen molar-refractivity contribution in [3.8, 4) is 0 Å². The Bertz CT molecular complexity index is 581. The number of hydrogen-bond donors (Lipinski definition) is 2. The lowest BCUT2D eigenvalue weighted by molar-refractivity contribution is -0.122. The summed E-state index contributed by atoms with van der Waals surface area (Å²) in [5, 5.41) is 4.66. The first-order valence-electron chi connectivity index (χ1n) is 5.67. The minimum absolute atomic E-state index is 0.402. The van der Waals surface area contributed by atoms with Gasteiger partial charge in [0, 0.05) is 6.42 Å². The van der Waals surface area contributed by atoms with E-state index < -0.39 is 11.9 Å². The van der Waals surface area contributed by atoms with Crippen molar-refractivity contribution in [2.45, 2.75) is 12.5 Å². The number of rotatable bonds is 5. The van der Waals surface area contributed by atoms with Gasteiger partial charge in [0.1, 0.15) is 6.04 Å². The zero-order chi connectivity index (χ0) is 13.0. The Labute approximate surface area is 105 Å². The van der Waals surface area contributed by atoms with Crippen molar-refractivity contribution in [3.63, 3.8) is 0 Å². The molecule has 0 aliphatic rings. The molecule has 0 radical (unpaired) electrons. The number of nitrogens with two attached hydrogens (primary N) is 1. The molecule has 2 rings (SSSR count). The predicted molar refractivity (Wildman–Crippen MR) is 69.8 cm³/mol. The van der Waals surface area contributed by atoms with Gasteiger partial charge in [0.05, 0.1) is 0 Å². The number of fused-ring (bicyclic) bond motifs is 1. The van der Waals surface area contributed by atoms with E-state index in [1.807, 2.05) is 42.5 Å². The highest BCUT2D eigenvalue weighted by atomic mass is 16.2. The average molecular weight is 242 g/mol. The Balaban J connectivity index is 2.25. The van der Waals surface area contributed by atoms with Crippen LogP contribution < -0.4 is 11.1 Å². The van der Waals surface area contributed by atoms with E-state index in [1.165, 1.54) is 0 Å². The Kier molecular flexibility index (Phi) is 3.57. The van der Waals surface area contributed by atoms with Crippen molar-refractivity contribution in [1.82, 2.24) is 5.32 Å². The fraction of sp³-hybridized carbons (Fsp3) is 0.143. The standard InChI is InChI=1S/C14H14N2O2/c15-14(18)13(16-9-17)8-10-5-6-11-3-1-2-4-12(11)7-10/h1-7,9,13H,8H2,(H2,15,18)(H,16,17). The van der Waals surface area contributed by atoms with Gasteiger partial charge in [-0.3, -0.25) is 9.59 Å². The summed E-state index contributed by atoms with van der Waals surface area (Å²) in [5.41, 5.74) is 6.19. The highest BCUT2D eigenvalue weighted by molar-refractivity contribution is 5.84. The molecule has 1 unspecified atom stereocenters. The number of primary amides is 1. The van der Waals surface area contributed by atoms with Crippen LogP contribution in [0.3, 0.4) is 0 Å². The van der Waals surface area contributed by atoms with E-state index >= 15 is 0 Å². The normalized spacial score (nSPS) is 12.0. The second-order valence-corrected chi connectivity index (χ2v) is 4.13. The van der Waals surface area contributed by atoms with Gasteiger partial charge < -0.3 is 11.1 Å². The fourth-order valence-corrected chi connectivity index (χ4v) is 1.93. The van der Waals surface area contributed by atoms with Gasteiger partial charge in [-0.2, -0.15) is 0 Å². The number of hydrogen-bond acceptors (Lipinski definition) is 2. The fourth-order valence-electron chi connectivity index (χ4n) is 1.93. The average Bonchev–Trinajstić information content (AvgIpc) is 2.38. The van der Waals surface area contributed by atoms with Crippen LogP contribution in [-0.4, -0.2) is 18.4 Å². The van der Waals surface area contributed by atoms with E-state index in [2.05, 4.69) is 5.32 Å². The third-order valence-electron chi connectivity index (χ3n) is 2.87. The molecule has 4 nitrogen and oxygen atoms in total. The van der Waals surface area contributed by atoms with Gasteiger partial charge in [0.2, 0.25) is 12.3 Å². The number of nitrogens with one attached hydrogen (secondary N) is 1. The van der Waals surface area contributed by atoms with Crippen molar-refractivity contribution in [3.05, 3.63) is 48.0 Å². The van der Waals surface area contributed by atoms with E-state index in [1.54, 1.807) is 0 Å². The largest absolute Gasteiger partial charge is 0.368 e. The molecule has 2 amide bonds. The van der Waals surface area contributed by atoms with Gasteiger partial charge in [0.15, 0.2) is 0 Å². The Morgan fingerprint density at radius 1 is 1.22 bits per heavy atom. The summed E-state index contributed by atoms with van der Waals surface area (Å²) in [6.45, 7) is 0. The predicted octanol–water partition coefficient (Wildman–Crippen LogP) is 0.982. The molecule has 4 heteroatoms. The van der Waals surface area contributed by atoms with Crippen LogP contribution >= 0.6 is 0 Å². The van der Waals surface area contributed by atoms with Gasteiger partial charge in [-0.25, -0.2) is 0 Å². The van der Waals surface area contributed by atoms with Crippen molar-refractivity contribution in [1.29, 1.82) is 0 Å². The molecule has 0 fully saturated rings. The number of carbonyl (C=O) groups is 2. The van der Waals surface area contributed by atoms with Crippen molar-refractivity contribution < 1.29 is 9.59 Å². The molecule has 0 heterocycles. The lowest BCUT2D eigenvalue weighted by Gasteiger charge is -2.12. The molecule has 0 bridgehead atoms.